The van der Waals surface area contributed by atoms with Gasteiger partial charge in [-0.05, 0) is 18.7 Å². The van der Waals surface area contributed by atoms with Crippen molar-refractivity contribution >= 4 is 11.6 Å². The highest BCUT2D eigenvalue weighted by Crippen LogP contribution is 2.27. The fraction of sp³-hybridized carbons (Fsp3) is 0.308. The summed E-state index contributed by atoms with van der Waals surface area (Å²) in [5.41, 5.74) is 0.668. The Labute approximate surface area is 116 Å². The number of rotatable bonds is 8. The number of hydrogen-bond donors (Lipinski definition) is 2. The summed E-state index contributed by atoms with van der Waals surface area (Å²) in [6, 6.07) is 4.55. The van der Waals surface area contributed by atoms with Crippen LogP contribution in [-0.2, 0) is 11.3 Å². The number of carbonyl (C=O) groups is 1. The van der Waals surface area contributed by atoms with E-state index in [9.17, 15) is 14.9 Å². The van der Waals surface area contributed by atoms with E-state index in [4.69, 9.17) is 4.74 Å². The molecule has 0 atom stereocenters. The molecule has 0 aliphatic carbocycles. The van der Waals surface area contributed by atoms with Crippen molar-refractivity contribution in [1.82, 2.24) is 10.6 Å². The van der Waals surface area contributed by atoms with Gasteiger partial charge in [0.2, 0.25) is 0 Å². The Morgan fingerprint density at radius 3 is 2.90 bits per heavy atom. The number of benzene rings is 1. The molecule has 7 heteroatoms. The van der Waals surface area contributed by atoms with Crippen LogP contribution in [0.1, 0.15) is 5.56 Å². The fourth-order valence-corrected chi connectivity index (χ4v) is 1.52. The van der Waals surface area contributed by atoms with Gasteiger partial charge in [0.15, 0.2) is 12.4 Å². The van der Waals surface area contributed by atoms with Crippen LogP contribution in [0, 0.1) is 10.1 Å². The highest BCUT2D eigenvalue weighted by Gasteiger charge is 2.16. The Bertz CT molecular complexity index is 502. The average Bonchev–Trinajstić information content (AvgIpc) is 2.43. The monoisotopic (exact) mass is 279 g/mol. The largest absolute Gasteiger partial charge is 0.477 e. The van der Waals surface area contributed by atoms with Gasteiger partial charge in [0.1, 0.15) is 0 Å². The summed E-state index contributed by atoms with van der Waals surface area (Å²) < 4.78 is 5.23. The number of ether oxygens (including phenoxy) is 1. The maximum atomic E-state index is 11.4. The lowest BCUT2D eigenvalue weighted by molar-refractivity contribution is -0.385. The topological polar surface area (TPSA) is 93.5 Å². The second-order valence-corrected chi connectivity index (χ2v) is 3.97. The van der Waals surface area contributed by atoms with E-state index in [1.807, 2.05) is 0 Å². The average molecular weight is 279 g/mol. The van der Waals surface area contributed by atoms with E-state index in [0.29, 0.717) is 13.1 Å². The molecule has 0 radical (unpaired) electrons. The van der Waals surface area contributed by atoms with Crippen LogP contribution in [0.25, 0.3) is 0 Å². The molecule has 1 aromatic rings. The van der Waals surface area contributed by atoms with Gasteiger partial charge in [-0.1, -0.05) is 12.1 Å². The van der Waals surface area contributed by atoms with Gasteiger partial charge in [-0.25, -0.2) is 0 Å². The van der Waals surface area contributed by atoms with E-state index in [2.05, 4.69) is 17.2 Å². The smallest absolute Gasteiger partial charge is 0.310 e. The van der Waals surface area contributed by atoms with Crippen LogP contribution in [0.3, 0.4) is 0 Å². The lowest BCUT2D eigenvalue weighted by atomic mass is 10.2. The Hall–Kier alpha value is -2.41. The van der Waals surface area contributed by atoms with Crippen molar-refractivity contribution < 1.29 is 14.5 Å². The van der Waals surface area contributed by atoms with Crippen molar-refractivity contribution in [1.29, 1.82) is 0 Å². The molecule has 2 N–H and O–H groups in total. The predicted molar refractivity (Wildman–Crippen MR) is 74.6 cm³/mol. The first kappa shape index (κ1) is 15.6. The zero-order valence-electron chi connectivity index (χ0n) is 11.2. The van der Waals surface area contributed by atoms with E-state index in [1.165, 1.54) is 12.1 Å². The normalized spacial score (nSPS) is 9.85. The van der Waals surface area contributed by atoms with Gasteiger partial charge < -0.3 is 15.4 Å². The van der Waals surface area contributed by atoms with Crippen molar-refractivity contribution in [3.05, 3.63) is 46.5 Å². The van der Waals surface area contributed by atoms with Gasteiger partial charge in [0, 0.05) is 19.2 Å². The maximum absolute atomic E-state index is 11.4. The third kappa shape index (κ3) is 4.69. The second-order valence-electron chi connectivity index (χ2n) is 3.97. The molecule has 0 heterocycles. The first-order chi connectivity index (χ1) is 9.58. The van der Waals surface area contributed by atoms with Crippen molar-refractivity contribution in [3.63, 3.8) is 0 Å². The molecule has 0 spiro atoms. The van der Waals surface area contributed by atoms with Crippen LogP contribution in [0.2, 0.25) is 0 Å². The molecule has 0 saturated heterocycles. The minimum atomic E-state index is -0.542. The molecule has 0 saturated carbocycles. The SMILES string of the molecule is C=CCNC(=O)COc1cc(CNC)ccc1[N+](=O)[O-]. The molecule has 0 unspecified atom stereocenters. The van der Waals surface area contributed by atoms with Crippen LogP contribution < -0.4 is 15.4 Å². The standard InChI is InChI=1S/C13H17N3O4/c1-3-6-15-13(17)9-20-12-7-10(8-14-2)4-5-11(12)16(18)19/h3-5,7,14H,1,6,8-9H2,2H3,(H,15,17). The number of carbonyl (C=O) groups excluding carboxylic acids is 1. The fourth-order valence-electron chi connectivity index (χ4n) is 1.52. The molecular weight excluding hydrogens is 262 g/mol. The summed E-state index contributed by atoms with van der Waals surface area (Å²) in [7, 11) is 1.77. The summed E-state index contributed by atoms with van der Waals surface area (Å²) in [5.74, 6) is -0.283. The summed E-state index contributed by atoms with van der Waals surface area (Å²) >= 11 is 0. The molecule has 108 valence electrons. The van der Waals surface area contributed by atoms with Gasteiger partial charge in [-0.2, -0.15) is 0 Å². The van der Waals surface area contributed by atoms with Gasteiger partial charge in [-0.15, -0.1) is 6.58 Å². The Morgan fingerprint density at radius 2 is 2.30 bits per heavy atom. The van der Waals surface area contributed by atoms with Crippen molar-refractivity contribution in [2.45, 2.75) is 6.54 Å². The number of nitro groups is 1. The summed E-state index contributed by atoms with van der Waals surface area (Å²) in [5, 5.41) is 16.4. The highest BCUT2D eigenvalue weighted by molar-refractivity contribution is 5.77. The zero-order chi connectivity index (χ0) is 15.0. The van der Waals surface area contributed by atoms with E-state index in [1.54, 1.807) is 19.2 Å². The molecule has 7 nitrogen and oxygen atoms in total. The molecule has 0 aliphatic rings. The Morgan fingerprint density at radius 1 is 1.55 bits per heavy atom. The lowest BCUT2D eigenvalue weighted by Gasteiger charge is -2.08. The maximum Gasteiger partial charge on any atom is 0.310 e. The zero-order valence-corrected chi connectivity index (χ0v) is 11.2. The third-order valence-corrected chi connectivity index (χ3v) is 2.40. The number of amides is 1. The molecule has 1 rings (SSSR count). The van der Waals surface area contributed by atoms with E-state index < -0.39 is 4.92 Å². The molecule has 20 heavy (non-hydrogen) atoms. The van der Waals surface area contributed by atoms with Gasteiger partial charge in [-0.3, -0.25) is 14.9 Å². The third-order valence-electron chi connectivity index (χ3n) is 2.40. The van der Waals surface area contributed by atoms with Crippen molar-refractivity contribution in [2.75, 3.05) is 20.2 Å². The highest BCUT2D eigenvalue weighted by atomic mass is 16.6. The Kier molecular flexibility index (Phi) is 6.18. The minimum Gasteiger partial charge on any atom is -0.477 e. The van der Waals surface area contributed by atoms with Gasteiger partial charge in [0.25, 0.3) is 5.91 Å². The number of nitrogens with one attached hydrogen (secondary N) is 2. The van der Waals surface area contributed by atoms with Gasteiger partial charge in [0.05, 0.1) is 4.92 Å². The molecule has 0 aromatic heterocycles. The molecular formula is C13H17N3O4. The predicted octanol–water partition coefficient (Wildman–Crippen LogP) is 0.995. The summed E-state index contributed by atoms with van der Waals surface area (Å²) in [4.78, 5) is 21.8. The van der Waals surface area contributed by atoms with Crippen LogP contribution in [0.5, 0.6) is 5.75 Å². The molecule has 0 aliphatic heterocycles. The van der Waals surface area contributed by atoms with Crippen LogP contribution in [-0.4, -0.2) is 31.0 Å². The summed E-state index contributed by atoms with van der Waals surface area (Å²) in [6.45, 7) is 4.06. The van der Waals surface area contributed by atoms with Crippen LogP contribution in [0.4, 0.5) is 5.69 Å². The minimum absolute atomic E-state index is 0.0801. The molecule has 0 fully saturated rings. The van der Waals surface area contributed by atoms with E-state index in [0.717, 1.165) is 5.56 Å². The van der Waals surface area contributed by atoms with Crippen molar-refractivity contribution in [2.24, 2.45) is 0 Å². The van der Waals surface area contributed by atoms with E-state index >= 15 is 0 Å². The van der Waals surface area contributed by atoms with Crippen LogP contribution in [0.15, 0.2) is 30.9 Å². The second kappa shape index (κ2) is 7.90. The quantitative estimate of drug-likeness (QED) is 0.420. The summed E-state index contributed by atoms with van der Waals surface area (Å²) in [6.07, 6.45) is 1.54. The Balaban J connectivity index is 2.79. The van der Waals surface area contributed by atoms with Crippen LogP contribution >= 0.6 is 0 Å². The number of hydrogen-bond acceptors (Lipinski definition) is 5. The van der Waals surface area contributed by atoms with Gasteiger partial charge >= 0.3 is 5.69 Å². The first-order valence-electron chi connectivity index (χ1n) is 6.00. The van der Waals surface area contributed by atoms with Crippen molar-refractivity contribution in [3.8, 4) is 5.75 Å². The first-order valence-corrected chi connectivity index (χ1v) is 6.00. The number of nitrogens with zero attached hydrogens (tertiary/aromatic N) is 1. The lowest BCUT2D eigenvalue weighted by Crippen LogP contribution is -2.28. The molecule has 1 aromatic carbocycles. The molecule has 0 bridgehead atoms. The molecule has 1 amide bonds. The van der Waals surface area contributed by atoms with E-state index in [-0.39, 0.29) is 24.0 Å². The number of nitro benzene ring substituents is 1.